The molecule has 30 heavy (non-hydrogen) atoms. The van der Waals surface area contributed by atoms with Crippen molar-refractivity contribution in [3.05, 3.63) is 89.5 Å². The second-order valence-corrected chi connectivity index (χ2v) is 6.39. The van der Waals surface area contributed by atoms with E-state index >= 15 is 0 Å². The van der Waals surface area contributed by atoms with Gasteiger partial charge < -0.3 is 18.9 Å². The van der Waals surface area contributed by atoms with E-state index in [1.807, 2.05) is 0 Å². The summed E-state index contributed by atoms with van der Waals surface area (Å²) in [6.45, 7) is 0. The Balaban J connectivity index is 1.98. The van der Waals surface area contributed by atoms with Gasteiger partial charge in [0.15, 0.2) is 6.10 Å². The van der Waals surface area contributed by atoms with Crippen molar-refractivity contribution in [2.75, 3.05) is 21.3 Å². The molecule has 0 aliphatic carbocycles. The first-order valence-corrected chi connectivity index (χ1v) is 9.23. The summed E-state index contributed by atoms with van der Waals surface area (Å²) in [6, 6.07) is 20.1. The van der Waals surface area contributed by atoms with E-state index in [2.05, 4.69) is 0 Å². The van der Waals surface area contributed by atoms with Crippen LogP contribution in [0.3, 0.4) is 0 Å². The number of benzene rings is 3. The predicted molar refractivity (Wildman–Crippen MR) is 111 cm³/mol. The Kier molecular flexibility index (Phi) is 6.70. The molecule has 0 aromatic heterocycles. The molecule has 3 aromatic carbocycles. The Morgan fingerprint density at radius 1 is 0.667 bits per heavy atom. The van der Waals surface area contributed by atoms with Gasteiger partial charge >= 0.3 is 5.97 Å². The Morgan fingerprint density at radius 2 is 1.17 bits per heavy atom. The Bertz CT molecular complexity index is 1040. The number of ether oxygens (including phenoxy) is 4. The second-order valence-electron chi connectivity index (χ2n) is 6.39. The molecular weight excluding hydrogens is 384 g/mol. The van der Waals surface area contributed by atoms with E-state index in [0.717, 1.165) is 0 Å². The van der Waals surface area contributed by atoms with Crippen molar-refractivity contribution in [3.8, 4) is 17.2 Å². The second kappa shape index (κ2) is 9.60. The largest absolute Gasteiger partial charge is 0.497 e. The fraction of sp³-hybridized carbons (Fsp3) is 0.167. The van der Waals surface area contributed by atoms with E-state index in [-0.39, 0.29) is 11.3 Å². The smallest absolute Gasteiger partial charge is 0.339 e. The molecule has 0 amide bonds. The van der Waals surface area contributed by atoms with Gasteiger partial charge in [0.1, 0.15) is 17.2 Å². The van der Waals surface area contributed by atoms with E-state index in [1.54, 1.807) is 72.8 Å². The van der Waals surface area contributed by atoms with Gasteiger partial charge in [-0.1, -0.05) is 30.3 Å². The lowest BCUT2D eigenvalue weighted by Gasteiger charge is -2.18. The summed E-state index contributed by atoms with van der Waals surface area (Å²) in [5.41, 5.74) is 1.14. The number of carbonyl (C=O) groups excluding carboxylic acids is 2. The molecule has 3 aromatic rings. The van der Waals surface area contributed by atoms with Gasteiger partial charge in [-0.15, -0.1) is 0 Å². The third-order valence-corrected chi connectivity index (χ3v) is 4.52. The molecule has 6 heteroatoms. The zero-order valence-corrected chi connectivity index (χ0v) is 17.0. The maximum absolute atomic E-state index is 13.3. The molecule has 0 spiro atoms. The van der Waals surface area contributed by atoms with Gasteiger partial charge in [-0.3, -0.25) is 4.79 Å². The van der Waals surface area contributed by atoms with Crippen LogP contribution < -0.4 is 14.2 Å². The molecule has 1 unspecified atom stereocenters. The SMILES string of the molecule is COc1cccc(C(=O)OC(C(=O)c2cccc(OC)c2)c2cccc(OC)c2)c1. The lowest BCUT2D eigenvalue weighted by Crippen LogP contribution is -2.20. The molecule has 0 radical (unpaired) electrons. The van der Waals surface area contributed by atoms with Crippen molar-refractivity contribution >= 4 is 11.8 Å². The minimum atomic E-state index is -1.16. The summed E-state index contributed by atoms with van der Waals surface area (Å²) in [7, 11) is 4.56. The predicted octanol–water partition coefficient (Wildman–Crippen LogP) is 4.49. The third-order valence-electron chi connectivity index (χ3n) is 4.52. The highest BCUT2D eigenvalue weighted by molar-refractivity contribution is 6.02. The molecule has 0 saturated heterocycles. The van der Waals surface area contributed by atoms with Crippen LogP contribution in [0, 0.1) is 0 Å². The van der Waals surface area contributed by atoms with Gasteiger partial charge in [0, 0.05) is 11.1 Å². The van der Waals surface area contributed by atoms with Crippen molar-refractivity contribution in [1.82, 2.24) is 0 Å². The van der Waals surface area contributed by atoms with Crippen LogP contribution in [-0.2, 0) is 4.74 Å². The zero-order valence-electron chi connectivity index (χ0n) is 17.0. The van der Waals surface area contributed by atoms with E-state index in [0.29, 0.717) is 28.4 Å². The van der Waals surface area contributed by atoms with Crippen LogP contribution in [0.2, 0.25) is 0 Å². The van der Waals surface area contributed by atoms with Gasteiger partial charge in [0.2, 0.25) is 5.78 Å². The van der Waals surface area contributed by atoms with Crippen molar-refractivity contribution < 1.29 is 28.5 Å². The summed E-state index contributed by atoms with van der Waals surface area (Å²) in [4.78, 5) is 26.1. The van der Waals surface area contributed by atoms with Crippen LogP contribution in [0.1, 0.15) is 32.4 Å². The number of ketones is 1. The van der Waals surface area contributed by atoms with Crippen molar-refractivity contribution in [2.24, 2.45) is 0 Å². The van der Waals surface area contributed by atoms with Crippen LogP contribution in [0.4, 0.5) is 0 Å². The van der Waals surface area contributed by atoms with Crippen molar-refractivity contribution in [1.29, 1.82) is 0 Å². The number of rotatable bonds is 8. The third kappa shape index (κ3) is 4.78. The van der Waals surface area contributed by atoms with Crippen LogP contribution in [0.25, 0.3) is 0 Å². The van der Waals surface area contributed by atoms with Gasteiger partial charge in [0.05, 0.1) is 26.9 Å². The van der Waals surface area contributed by atoms with E-state index in [4.69, 9.17) is 18.9 Å². The molecule has 6 nitrogen and oxygen atoms in total. The summed E-state index contributed by atoms with van der Waals surface area (Å²) in [5.74, 6) is 0.579. The Morgan fingerprint density at radius 3 is 1.77 bits per heavy atom. The van der Waals surface area contributed by atoms with Crippen molar-refractivity contribution in [3.63, 3.8) is 0 Å². The number of hydrogen-bond acceptors (Lipinski definition) is 6. The summed E-state index contributed by atoms with van der Waals surface area (Å²) < 4.78 is 21.3. The number of esters is 1. The average Bonchev–Trinajstić information content (AvgIpc) is 2.82. The fourth-order valence-corrected chi connectivity index (χ4v) is 2.93. The first kappa shape index (κ1) is 20.9. The molecular formula is C24H22O6. The minimum Gasteiger partial charge on any atom is -0.497 e. The lowest BCUT2D eigenvalue weighted by molar-refractivity contribution is 0.0279. The monoisotopic (exact) mass is 406 g/mol. The highest BCUT2D eigenvalue weighted by Crippen LogP contribution is 2.28. The number of methoxy groups -OCH3 is 3. The van der Waals surface area contributed by atoms with Crippen LogP contribution in [0.15, 0.2) is 72.8 Å². The summed E-state index contributed by atoms with van der Waals surface area (Å²) in [5, 5.41) is 0. The first-order chi connectivity index (χ1) is 14.5. The van der Waals surface area contributed by atoms with Gasteiger partial charge in [-0.25, -0.2) is 4.79 Å². The van der Waals surface area contributed by atoms with E-state index < -0.39 is 12.1 Å². The van der Waals surface area contributed by atoms with E-state index in [9.17, 15) is 9.59 Å². The molecule has 154 valence electrons. The number of hydrogen-bond donors (Lipinski definition) is 0. The van der Waals surface area contributed by atoms with E-state index in [1.165, 1.54) is 21.3 Å². The molecule has 0 fully saturated rings. The molecule has 0 N–H and O–H groups in total. The Hall–Kier alpha value is -3.80. The maximum atomic E-state index is 13.3. The van der Waals surface area contributed by atoms with Crippen LogP contribution in [0.5, 0.6) is 17.2 Å². The molecule has 0 aliphatic rings. The standard InChI is InChI=1S/C24H22O6/c1-27-19-10-4-7-16(13-19)22(25)23(17-8-5-11-20(14-17)28-2)30-24(26)18-9-6-12-21(15-18)29-3/h4-15,23H,1-3H3. The Labute approximate surface area is 175 Å². The molecule has 0 saturated carbocycles. The topological polar surface area (TPSA) is 71.1 Å². The summed E-state index contributed by atoms with van der Waals surface area (Å²) in [6.07, 6.45) is -1.16. The molecule has 1 atom stereocenters. The highest BCUT2D eigenvalue weighted by Gasteiger charge is 2.27. The number of carbonyl (C=O) groups is 2. The first-order valence-electron chi connectivity index (χ1n) is 9.23. The van der Waals surface area contributed by atoms with Crippen molar-refractivity contribution in [2.45, 2.75) is 6.10 Å². The minimum absolute atomic E-state index is 0.278. The van der Waals surface area contributed by atoms with Gasteiger partial charge in [-0.05, 0) is 42.5 Å². The normalized spacial score (nSPS) is 11.3. The maximum Gasteiger partial charge on any atom is 0.339 e. The quantitative estimate of drug-likeness (QED) is 0.405. The highest BCUT2D eigenvalue weighted by atomic mass is 16.5. The number of Topliss-reactive ketones (excluding diaryl/α,β-unsaturated/α-hetero) is 1. The van der Waals surface area contributed by atoms with Gasteiger partial charge in [0.25, 0.3) is 0 Å². The fourth-order valence-electron chi connectivity index (χ4n) is 2.93. The van der Waals surface area contributed by atoms with Gasteiger partial charge in [-0.2, -0.15) is 0 Å². The van der Waals surface area contributed by atoms with Crippen LogP contribution in [-0.4, -0.2) is 33.1 Å². The lowest BCUT2D eigenvalue weighted by atomic mass is 9.99. The molecule has 3 rings (SSSR count). The molecule has 0 bridgehead atoms. The van der Waals surface area contributed by atoms with Crippen LogP contribution >= 0.6 is 0 Å². The molecule has 0 heterocycles. The zero-order chi connectivity index (χ0) is 21.5. The summed E-state index contributed by atoms with van der Waals surface area (Å²) >= 11 is 0. The molecule has 0 aliphatic heterocycles. The average molecular weight is 406 g/mol.